The molecule has 0 radical (unpaired) electrons. The molecule has 0 bridgehead atoms. The number of rotatable bonds is 7. The van der Waals surface area contributed by atoms with Gasteiger partial charge in [-0.1, -0.05) is 42.0 Å². The molecule has 0 aromatic heterocycles. The van der Waals surface area contributed by atoms with Gasteiger partial charge in [-0.3, -0.25) is 24.6 Å². The van der Waals surface area contributed by atoms with E-state index in [0.29, 0.717) is 11.3 Å². The van der Waals surface area contributed by atoms with Gasteiger partial charge < -0.3 is 10.0 Å². The summed E-state index contributed by atoms with van der Waals surface area (Å²) < 4.78 is 0. The summed E-state index contributed by atoms with van der Waals surface area (Å²) >= 11 is 0. The third kappa shape index (κ3) is 4.70. The number of Topliss-reactive ketones (excluding diaryl/α,β-unsaturated/α-hetero) is 1. The van der Waals surface area contributed by atoms with Gasteiger partial charge in [0.15, 0.2) is 0 Å². The number of nitro groups is 1. The summed E-state index contributed by atoms with van der Waals surface area (Å²) in [6.07, 6.45) is 0. The smallest absolute Gasteiger partial charge is 0.300 e. The second-order valence-corrected chi connectivity index (χ2v) is 9.03. The molecule has 1 aliphatic rings. The van der Waals surface area contributed by atoms with Gasteiger partial charge in [0.25, 0.3) is 17.4 Å². The van der Waals surface area contributed by atoms with Crippen molar-refractivity contribution in [3.63, 3.8) is 0 Å². The van der Waals surface area contributed by atoms with Crippen LogP contribution in [0.5, 0.6) is 0 Å². The van der Waals surface area contributed by atoms with Gasteiger partial charge in [-0.25, -0.2) is 0 Å². The van der Waals surface area contributed by atoms with Crippen molar-refractivity contribution in [2.24, 2.45) is 0 Å². The van der Waals surface area contributed by atoms with Crippen LogP contribution in [0.25, 0.3) is 5.76 Å². The lowest BCUT2D eigenvalue weighted by Crippen LogP contribution is -2.30. The minimum atomic E-state index is -0.911. The second-order valence-electron chi connectivity index (χ2n) is 9.03. The number of aliphatic hydroxyl groups excluding tert-OH is 1. The van der Waals surface area contributed by atoms with Crippen molar-refractivity contribution in [1.29, 1.82) is 0 Å². The van der Waals surface area contributed by atoms with Gasteiger partial charge in [0, 0.05) is 42.2 Å². The summed E-state index contributed by atoms with van der Waals surface area (Å²) in [6, 6.07) is 17.6. The largest absolute Gasteiger partial charge is 0.507 e. The molecular weight excluding hydrogens is 470 g/mol. The number of nitrogens with zero attached hydrogens (tertiary/aromatic N) is 3. The molecule has 4 rings (SSSR count). The first-order valence-corrected chi connectivity index (χ1v) is 12.2. The van der Waals surface area contributed by atoms with Crippen LogP contribution in [0.4, 0.5) is 17.1 Å². The van der Waals surface area contributed by atoms with Crippen LogP contribution in [0.1, 0.15) is 42.1 Å². The van der Waals surface area contributed by atoms with Crippen molar-refractivity contribution in [3.8, 4) is 0 Å². The van der Waals surface area contributed by atoms with Crippen LogP contribution in [0.2, 0.25) is 0 Å². The van der Waals surface area contributed by atoms with Crippen LogP contribution >= 0.6 is 0 Å². The number of carbonyl (C=O) groups is 2. The molecule has 8 nitrogen and oxygen atoms in total. The third-order valence-electron chi connectivity index (χ3n) is 6.72. The van der Waals surface area contributed by atoms with Crippen molar-refractivity contribution < 1.29 is 19.6 Å². The quantitative estimate of drug-likeness (QED) is 0.147. The fourth-order valence-electron chi connectivity index (χ4n) is 4.85. The molecule has 1 fully saturated rings. The number of hydrogen-bond donors (Lipinski definition) is 1. The molecule has 0 aliphatic carbocycles. The molecule has 1 unspecified atom stereocenters. The van der Waals surface area contributed by atoms with Gasteiger partial charge in [-0.2, -0.15) is 0 Å². The molecule has 3 aromatic carbocycles. The lowest BCUT2D eigenvalue weighted by Gasteiger charge is -2.28. The Bertz CT molecular complexity index is 1410. The third-order valence-corrected chi connectivity index (χ3v) is 6.72. The monoisotopic (exact) mass is 499 g/mol. The Morgan fingerprint density at radius 1 is 1.00 bits per heavy atom. The number of ketones is 1. The molecule has 1 saturated heterocycles. The first kappa shape index (κ1) is 25.6. The Morgan fingerprint density at radius 2 is 1.68 bits per heavy atom. The summed E-state index contributed by atoms with van der Waals surface area (Å²) in [4.78, 5) is 41.2. The van der Waals surface area contributed by atoms with E-state index in [2.05, 4.69) is 18.7 Å². The lowest BCUT2D eigenvalue weighted by atomic mass is 9.94. The summed E-state index contributed by atoms with van der Waals surface area (Å²) in [5.41, 5.74) is 3.77. The highest BCUT2D eigenvalue weighted by Crippen LogP contribution is 2.43. The van der Waals surface area contributed by atoms with E-state index in [0.717, 1.165) is 29.9 Å². The van der Waals surface area contributed by atoms with E-state index in [9.17, 15) is 24.8 Å². The SMILES string of the molecule is CCN(CC)c1ccc(C2/C(=C(/O)c3cccc([N+](=O)[O-])c3)C(=O)C(=O)N2c2ccc(C)cc2C)cc1. The van der Waals surface area contributed by atoms with Gasteiger partial charge >= 0.3 is 0 Å². The average molecular weight is 500 g/mol. The number of benzene rings is 3. The highest BCUT2D eigenvalue weighted by atomic mass is 16.6. The Morgan fingerprint density at radius 3 is 2.27 bits per heavy atom. The highest BCUT2D eigenvalue weighted by molar-refractivity contribution is 6.51. The topological polar surface area (TPSA) is 104 Å². The number of hydrogen-bond acceptors (Lipinski definition) is 6. The Balaban J connectivity index is 1.94. The van der Waals surface area contributed by atoms with Gasteiger partial charge in [-0.05, 0) is 57.0 Å². The fraction of sp³-hybridized carbons (Fsp3) is 0.241. The molecule has 1 N–H and O–H groups in total. The molecule has 1 aliphatic heterocycles. The zero-order valence-corrected chi connectivity index (χ0v) is 21.3. The van der Waals surface area contributed by atoms with E-state index in [1.165, 1.54) is 29.2 Å². The zero-order chi connectivity index (χ0) is 26.9. The maximum absolute atomic E-state index is 13.4. The maximum Gasteiger partial charge on any atom is 0.300 e. The minimum Gasteiger partial charge on any atom is -0.507 e. The van der Waals surface area contributed by atoms with Crippen molar-refractivity contribution in [3.05, 3.63) is 105 Å². The summed E-state index contributed by atoms with van der Waals surface area (Å²) in [7, 11) is 0. The summed E-state index contributed by atoms with van der Waals surface area (Å²) in [6.45, 7) is 9.57. The molecule has 1 atom stereocenters. The van der Waals surface area contributed by atoms with E-state index in [-0.39, 0.29) is 16.8 Å². The average Bonchev–Trinajstić information content (AvgIpc) is 3.15. The van der Waals surface area contributed by atoms with Crippen molar-refractivity contribution in [1.82, 2.24) is 0 Å². The number of anilines is 2. The van der Waals surface area contributed by atoms with E-state index in [4.69, 9.17) is 0 Å². The first-order valence-electron chi connectivity index (χ1n) is 12.2. The number of non-ortho nitro benzene ring substituents is 1. The number of aliphatic hydroxyl groups is 1. The van der Waals surface area contributed by atoms with Crippen LogP contribution in [0, 0.1) is 24.0 Å². The molecule has 3 aromatic rings. The fourth-order valence-corrected chi connectivity index (χ4v) is 4.85. The maximum atomic E-state index is 13.4. The number of amides is 1. The number of aryl methyl sites for hydroxylation is 2. The first-order chi connectivity index (χ1) is 17.7. The van der Waals surface area contributed by atoms with Crippen LogP contribution in [0.15, 0.2) is 72.3 Å². The molecule has 1 heterocycles. The summed E-state index contributed by atoms with van der Waals surface area (Å²) in [5.74, 6) is -2.06. The predicted molar refractivity (Wildman–Crippen MR) is 144 cm³/mol. The van der Waals surface area contributed by atoms with Crippen molar-refractivity contribution in [2.45, 2.75) is 33.7 Å². The Kier molecular flexibility index (Phi) is 7.11. The van der Waals surface area contributed by atoms with Crippen LogP contribution < -0.4 is 9.80 Å². The van der Waals surface area contributed by atoms with E-state index in [1.807, 2.05) is 50.2 Å². The van der Waals surface area contributed by atoms with Crippen LogP contribution in [-0.2, 0) is 9.59 Å². The molecule has 190 valence electrons. The Labute approximate surface area is 215 Å². The van der Waals surface area contributed by atoms with E-state index in [1.54, 1.807) is 6.07 Å². The lowest BCUT2D eigenvalue weighted by molar-refractivity contribution is -0.384. The summed E-state index contributed by atoms with van der Waals surface area (Å²) in [5, 5.41) is 22.6. The Hall–Kier alpha value is -4.46. The van der Waals surface area contributed by atoms with Crippen molar-refractivity contribution in [2.75, 3.05) is 22.9 Å². The molecule has 8 heteroatoms. The molecule has 1 amide bonds. The van der Waals surface area contributed by atoms with Gasteiger partial charge in [-0.15, -0.1) is 0 Å². The molecule has 37 heavy (non-hydrogen) atoms. The zero-order valence-electron chi connectivity index (χ0n) is 21.3. The normalized spacial score (nSPS) is 16.8. The number of nitro benzene ring substituents is 1. The van der Waals surface area contributed by atoms with E-state index < -0.39 is 28.4 Å². The molecule has 0 spiro atoms. The standard InChI is InChI=1S/C29H29N3O5/c1-5-30(6-2)22-13-11-20(12-14-22)26-25(27(33)21-8-7-9-23(17-21)32(36)37)28(34)29(35)31(26)24-15-10-18(3)16-19(24)4/h7-17,26,33H,5-6H2,1-4H3/b27-25-. The highest BCUT2D eigenvalue weighted by Gasteiger charge is 2.47. The van der Waals surface area contributed by atoms with Gasteiger partial charge in [0.05, 0.1) is 16.5 Å². The second kappa shape index (κ2) is 10.3. The molecule has 0 saturated carbocycles. The predicted octanol–water partition coefficient (Wildman–Crippen LogP) is 5.68. The van der Waals surface area contributed by atoms with Crippen LogP contribution in [-0.4, -0.2) is 34.8 Å². The van der Waals surface area contributed by atoms with Crippen LogP contribution in [0.3, 0.4) is 0 Å². The van der Waals surface area contributed by atoms with Gasteiger partial charge in [0.1, 0.15) is 5.76 Å². The molecular formula is C29H29N3O5. The number of carbonyl (C=O) groups excluding carboxylic acids is 2. The van der Waals surface area contributed by atoms with Crippen molar-refractivity contribution >= 4 is 34.5 Å². The van der Waals surface area contributed by atoms with E-state index >= 15 is 0 Å². The minimum absolute atomic E-state index is 0.0950. The van der Waals surface area contributed by atoms with Gasteiger partial charge in [0.2, 0.25) is 0 Å².